The van der Waals surface area contributed by atoms with Crippen molar-refractivity contribution >= 4 is 30.6 Å². The minimum absolute atomic E-state index is 0.00396. The Balaban J connectivity index is 2.00. The van der Waals surface area contributed by atoms with Crippen molar-refractivity contribution < 1.29 is 22.3 Å². The molecular weight excluding hydrogens is 416 g/mol. The number of nitrogens with zero attached hydrogens (tertiary/aromatic N) is 2. The average molecular weight is 450 g/mol. The third-order valence-electron chi connectivity index (χ3n) is 5.26. The Bertz CT molecular complexity index is 765. The molecule has 29 heavy (non-hydrogen) atoms. The van der Waals surface area contributed by atoms with E-state index in [1.807, 2.05) is 18.9 Å². The fourth-order valence-electron chi connectivity index (χ4n) is 3.35. The Morgan fingerprint density at radius 1 is 1.34 bits per heavy atom. The van der Waals surface area contributed by atoms with Crippen LogP contribution in [0, 0.1) is 5.41 Å². The summed E-state index contributed by atoms with van der Waals surface area (Å²) in [7, 11) is 1.05. The molecule has 0 radical (unpaired) electrons. The maximum atomic E-state index is 12.9. The van der Waals surface area contributed by atoms with Gasteiger partial charge in [-0.25, -0.2) is 12.8 Å². The summed E-state index contributed by atoms with van der Waals surface area (Å²) in [4.78, 5) is 6.48. The van der Waals surface area contributed by atoms with E-state index in [-0.39, 0.29) is 36.2 Å². The highest BCUT2D eigenvalue weighted by Gasteiger charge is 2.34. The van der Waals surface area contributed by atoms with Gasteiger partial charge in [-0.15, -0.1) is 0 Å². The SMILES string of the molecule is CCC(COc1ccc(N)c(N(C)CC2(C)CCS(=O)(=O)CC2)n1)OCC(F)P. The van der Waals surface area contributed by atoms with E-state index in [0.717, 1.165) is 0 Å². The molecular formula is C19H33FN3O4PS. The normalized spacial score (nSPS) is 20.0. The van der Waals surface area contributed by atoms with Gasteiger partial charge in [-0.2, -0.15) is 4.98 Å². The van der Waals surface area contributed by atoms with Gasteiger partial charge in [0, 0.05) is 19.7 Å². The number of pyridine rings is 1. The third kappa shape index (κ3) is 7.54. The summed E-state index contributed by atoms with van der Waals surface area (Å²) in [5.41, 5.74) is 6.53. The summed E-state index contributed by atoms with van der Waals surface area (Å²) in [6.07, 6.45) is 1.71. The smallest absolute Gasteiger partial charge is 0.215 e. The summed E-state index contributed by atoms with van der Waals surface area (Å²) in [6.45, 7) is 4.97. The summed E-state index contributed by atoms with van der Waals surface area (Å²) >= 11 is 0. The number of rotatable bonds is 10. The van der Waals surface area contributed by atoms with Gasteiger partial charge in [0.15, 0.2) is 5.82 Å². The predicted octanol–water partition coefficient (Wildman–Crippen LogP) is 2.66. The molecule has 2 N–H and O–H groups in total. The van der Waals surface area contributed by atoms with Gasteiger partial charge in [-0.1, -0.05) is 23.1 Å². The van der Waals surface area contributed by atoms with Crippen LogP contribution in [0.15, 0.2) is 12.1 Å². The Hall–Kier alpha value is -1.18. The maximum Gasteiger partial charge on any atom is 0.215 e. The predicted molar refractivity (Wildman–Crippen MR) is 118 cm³/mol. The number of anilines is 2. The standard InChI is InChI=1S/C19H33FN3O4PS/c1-4-14(26-12-16(20)28)11-27-17-6-5-15(21)18(22-17)23(3)13-19(2)7-9-29(24,25)10-8-19/h5-6,14,16H,4,7-13,21,28H2,1-3H3. The molecule has 1 saturated heterocycles. The summed E-state index contributed by atoms with van der Waals surface area (Å²) in [6, 6.07) is 3.44. The zero-order chi connectivity index (χ0) is 21.7. The van der Waals surface area contributed by atoms with Gasteiger partial charge in [0.1, 0.15) is 22.4 Å². The highest BCUT2D eigenvalue weighted by Crippen LogP contribution is 2.35. The number of hydrogen-bond donors (Lipinski definition) is 1. The van der Waals surface area contributed by atoms with Crippen molar-refractivity contribution in [3.63, 3.8) is 0 Å². The molecule has 0 aliphatic carbocycles. The number of hydrogen-bond acceptors (Lipinski definition) is 7. The molecule has 1 aromatic heterocycles. The molecule has 0 amide bonds. The van der Waals surface area contributed by atoms with Crippen LogP contribution in [-0.4, -0.2) is 63.7 Å². The molecule has 166 valence electrons. The molecule has 3 unspecified atom stereocenters. The van der Waals surface area contributed by atoms with Crippen LogP contribution in [0.25, 0.3) is 0 Å². The fraction of sp³-hybridized carbons (Fsp3) is 0.737. The van der Waals surface area contributed by atoms with Gasteiger partial charge in [-0.3, -0.25) is 0 Å². The van der Waals surface area contributed by atoms with Gasteiger partial charge < -0.3 is 20.1 Å². The second kappa shape index (κ2) is 10.2. The van der Waals surface area contributed by atoms with Crippen LogP contribution in [0.1, 0.15) is 33.1 Å². The first-order valence-electron chi connectivity index (χ1n) is 9.86. The minimum Gasteiger partial charge on any atom is -0.475 e. The molecule has 7 nitrogen and oxygen atoms in total. The van der Waals surface area contributed by atoms with Crippen LogP contribution in [0.3, 0.4) is 0 Å². The monoisotopic (exact) mass is 449 g/mol. The van der Waals surface area contributed by atoms with Crippen LogP contribution in [0.4, 0.5) is 15.9 Å². The number of nitrogen functional groups attached to an aromatic ring is 1. The number of alkyl halides is 1. The first-order chi connectivity index (χ1) is 13.5. The molecule has 0 aromatic carbocycles. The second-order valence-corrected chi connectivity index (χ2v) is 11.1. The van der Waals surface area contributed by atoms with Crippen molar-refractivity contribution in [3.8, 4) is 5.88 Å². The lowest BCUT2D eigenvalue weighted by molar-refractivity contribution is 0.00579. The first kappa shape index (κ1) is 24.1. The highest BCUT2D eigenvalue weighted by molar-refractivity contribution is 7.91. The average Bonchev–Trinajstić information content (AvgIpc) is 2.65. The molecule has 10 heteroatoms. The number of aromatic nitrogens is 1. The third-order valence-corrected chi connectivity index (χ3v) is 7.10. The second-order valence-electron chi connectivity index (χ2n) is 8.07. The lowest BCUT2D eigenvalue weighted by Gasteiger charge is -2.37. The summed E-state index contributed by atoms with van der Waals surface area (Å²) in [5, 5.41) is 0. The van der Waals surface area contributed by atoms with Crippen molar-refractivity contribution in [2.75, 3.05) is 48.9 Å². The van der Waals surface area contributed by atoms with E-state index < -0.39 is 15.8 Å². The molecule has 3 atom stereocenters. The van der Waals surface area contributed by atoms with Crippen LogP contribution < -0.4 is 15.4 Å². The summed E-state index contributed by atoms with van der Waals surface area (Å²) in [5.74, 6) is 0.354. The van der Waals surface area contributed by atoms with E-state index in [1.54, 1.807) is 12.1 Å². The quantitative estimate of drug-likeness (QED) is 0.549. The fourth-order valence-corrected chi connectivity index (χ4v) is 5.28. The Kier molecular flexibility index (Phi) is 8.49. The molecule has 0 bridgehead atoms. The van der Waals surface area contributed by atoms with Gasteiger partial charge in [0.05, 0.1) is 29.9 Å². The zero-order valence-electron chi connectivity index (χ0n) is 17.4. The molecule has 1 aliphatic heterocycles. The van der Waals surface area contributed by atoms with E-state index in [0.29, 0.717) is 43.2 Å². The summed E-state index contributed by atoms with van der Waals surface area (Å²) < 4.78 is 47.6. The molecule has 1 fully saturated rings. The van der Waals surface area contributed by atoms with E-state index >= 15 is 0 Å². The Morgan fingerprint density at radius 2 is 2.00 bits per heavy atom. The number of nitrogens with two attached hydrogens (primary N) is 1. The van der Waals surface area contributed by atoms with Crippen molar-refractivity contribution in [2.24, 2.45) is 5.41 Å². The van der Waals surface area contributed by atoms with Gasteiger partial charge in [0.2, 0.25) is 5.88 Å². The minimum atomic E-state index is -2.91. The first-order valence-corrected chi connectivity index (χ1v) is 12.3. The maximum absolute atomic E-state index is 12.9. The molecule has 2 rings (SSSR count). The van der Waals surface area contributed by atoms with Crippen LogP contribution in [0.5, 0.6) is 5.88 Å². The van der Waals surface area contributed by atoms with Crippen molar-refractivity contribution in [2.45, 2.75) is 45.1 Å². The highest BCUT2D eigenvalue weighted by atomic mass is 32.2. The number of ether oxygens (including phenoxy) is 2. The number of halogens is 1. The van der Waals surface area contributed by atoms with Crippen molar-refractivity contribution in [1.29, 1.82) is 0 Å². The van der Waals surface area contributed by atoms with Crippen molar-refractivity contribution in [1.82, 2.24) is 4.98 Å². The van der Waals surface area contributed by atoms with Crippen LogP contribution in [0.2, 0.25) is 0 Å². The van der Waals surface area contributed by atoms with Crippen molar-refractivity contribution in [3.05, 3.63) is 12.1 Å². The molecule has 2 heterocycles. The molecule has 1 aliphatic rings. The van der Waals surface area contributed by atoms with E-state index in [2.05, 4.69) is 21.1 Å². The zero-order valence-corrected chi connectivity index (χ0v) is 19.4. The lowest BCUT2D eigenvalue weighted by atomic mass is 9.84. The topological polar surface area (TPSA) is 94.8 Å². The van der Waals surface area contributed by atoms with Gasteiger partial charge in [0.25, 0.3) is 0 Å². The lowest BCUT2D eigenvalue weighted by Crippen LogP contribution is -2.40. The van der Waals surface area contributed by atoms with E-state index in [4.69, 9.17) is 15.2 Å². The van der Waals surface area contributed by atoms with Crippen LogP contribution >= 0.6 is 9.24 Å². The molecule has 0 saturated carbocycles. The molecule has 1 aromatic rings. The van der Waals surface area contributed by atoms with Gasteiger partial charge >= 0.3 is 0 Å². The number of sulfone groups is 1. The Morgan fingerprint density at radius 3 is 2.59 bits per heavy atom. The molecule has 0 spiro atoms. The Labute approximate surface area is 175 Å². The van der Waals surface area contributed by atoms with E-state index in [1.165, 1.54) is 0 Å². The largest absolute Gasteiger partial charge is 0.475 e. The van der Waals surface area contributed by atoms with E-state index in [9.17, 15) is 12.8 Å². The van der Waals surface area contributed by atoms with Crippen LogP contribution in [-0.2, 0) is 14.6 Å². The van der Waals surface area contributed by atoms with Gasteiger partial charge in [-0.05, 0) is 30.7 Å².